The molecule has 0 saturated carbocycles. The van der Waals surface area contributed by atoms with Crippen molar-refractivity contribution in [1.29, 1.82) is 0 Å². The van der Waals surface area contributed by atoms with Crippen molar-refractivity contribution in [2.75, 3.05) is 18.0 Å². The number of aromatic nitrogens is 1. The summed E-state index contributed by atoms with van der Waals surface area (Å²) in [7, 11) is 0. The van der Waals surface area contributed by atoms with Gasteiger partial charge in [-0.3, -0.25) is 0 Å². The third-order valence-electron chi connectivity index (χ3n) is 2.49. The van der Waals surface area contributed by atoms with Crippen molar-refractivity contribution in [2.45, 2.75) is 19.4 Å². The summed E-state index contributed by atoms with van der Waals surface area (Å²) in [5, 5.41) is 0. The first-order valence-electron chi connectivity index (χ1n) is 4.81. The van der Waals surface area contributed by atoms with E-state index in [1.165, 1.54) is 12.8 Å². The van der Waals surface area contributed by atoms with Gasteiger partial charge in [-0.1, -0.05) is 6.07 Å². The first-order chi connectivity index (χ1) is 6.42. The van der Waals surface area contributed by atoms with Gasteiger partial charge in [-0.2, -0.15) is 0 Å². The molecule has 70 valence electrons. The monoisotopic (exact) mass is 177 g/mol. The van der Waals surface area contributed by atoms with E-state index in [4.69, 9.17) is 5.73 Å². The molecular weight excluding hydrogens is 162 g/mol. The Balaban J connectivity index is 2.26. The normalized spacial score (nSPS) is 16.5. The summed E-state index contributed by atoms with van der Waals surface area (Å²) in [5.74, 6) is 1.09. The molecule has 1 aliphatic heterocycles. The quantitative estimate of drug-likeness (QED) is 0.736. The zero-order chi connectivity index (χ0) is 9.10. The standard InChI is InChI=1S/C10H15N3/c11-8-9-4-3-5-12-10(9)13-6-1-2-7-13/h3-5H,1-2,6-8,11H2. The van der Waals surface area contributed by atoms with Gasteiger partial charge in [0.1, 0.15) is 5.82 Å². The molecule has 0 unspecified atom stereocenters. The van der Waals surface area contributed by atoms with Gasteiger partial charge in [-0.15, -0.1) is 0 Å². The van der Waals surface area contributed by atoms with Gasteiger partial charge in [0.2, 0.25) is 0 Å². The van der Waals surface area contributed by atoms with Gasteiger partial charge in [0.15, 0.2) is 0 Å². The largest absolute Gasteiger partial charge is 0.356 e. The summed E-state index contributed by atoms with van der Waals surface area (Å²) in [6.45, 7) is 2.84. The van der Waals surface area contributed by atoms with Crippen molar-refractivity contribution < 1.29 is 0 Å². The van der Waals surface area contributed by atoms with E-state index < -0.39 is 0 Å². The molecular formula is C10H15N3. The van der Waals surface area contributed by atoms with Crippen LogP contribution in [0.15, 0.2) is 18.3 Å². The average Bonchev–Trinajstić information content (AvgIpc) is 2.70. The van der Waals surface area contributed by atoms with Crippen LogP contribution in [0.3, 0.4) is 0 Å². The Labute approximate surface area is 78.6 Å². The third kappa shape index (κ3) is 1.65. The maximum Gasteiger partial charge on any atom is 0.132 e. The SMILES string of the molecule is NCc1cccnc1N1CCCC1. The van der Waals surface area contributed by atoms with Crippen LogP contribution >= 0.6 is 0 Å². The summed E-state index contributed by atoms with van der Waals surface area (Å²) in [6, 6.07) is 4.00. The number of hydrogen-bond donors (Lipinski definition) is 1. The molecule has 1 saturated heterocycles. The number of hydrogen-bond acceptors (Lipinski definition) is 3. The van der Waals surface area contributed by atoms with E-state index in [0.717, 1.165) is 24.5 Å². The van der Waals surface area contributed by atoms with E-state index in [1.54, 1.807) is 0 Å². The highest BCUT2D eigenvalue weighted by molar-refractivity contribution is 5.47. The van der Waals surface area contributed by atoms with Crippen molar-refractivity contribution in [3.8, 4) is 0 Å². The Hall–Kier alpha value is -1.09. The van der Waals surface area contributed by atoms with Gasteiger partial charge in [0, 0.05) is 31.4 Å². The smallest absolute Gasteiger partial charge is 0.132 e. The predicted octanol–water partition coefficient (Wildman–Crippen LogP) is 1.14. The van der Waals surface area contributed by atoms with Crippen molar-refractivity contribution in [3.05, 3.63) is 23.9 Å². The predicted molar refractivity (Wildman–Crippen MR) is 53.6 cm³/mol. The Morgan fingerprint density at radius 1 is 1.38 bits per heavy atom. The van der Waals surface area contributed by atoms with Gasteiger partial charge in [-0.25, -0.2) is 4.98 Å². The van der Waals surface area contributed by atoms with Crippen molar-refractivity contribution in [1.82, 2.24) is 4.98 Å². The number of anilines is 1. The molecule has 1 aromatic heterocycles. The molecule has 3 nitrogen and oxygen atoms in total. The number of nitrogens with zero attached hydrogens (tertiary/aromatic N) is 2. The van der Waals surface area contributed by atoms with Crippen LogP contribution in [0.2, 0.25) is 0 Å². The summed E-state index contributed by atoms with van der Waals surface area (Å²) < 4.78 is 0. The van der Waals surface area contributed by atoms with E-state index in [2.05, 4.69) is 16.0 Å². The van der Waals surface area contributed by atoms with Crippen molar-refractivity contribution in [3.63, 3.8) is 0 Å². The topological polar surface area (TPSA) is 42.1 Å². The zero-order valence-corrected chi connectivity index (χ0v) is 7.74. The zero-order valence-electron chi connectivity index (χ0n) is 7.74. The minimum Gasteiger partial charge on any atom is -0.356 e. The molecule has 1 aromatic rings. The Morgan fingerprint density at radius 3 is 2.85 bits per heavy atom. The van der Waals surface area contributed by atoms with E-state index in [-0.39, 0.29) is 0 Å². The fourth-order valence-electron chi connectivity index (χ4n) is 1.80. The second-order valence-corrected chi connectivity index (χ2v) is 3.38. The van der Waals surface area contributed by atoms with Crippen LogP contribution in [-0.4, -0.2) is 18.1 Å². The third-order valence-corrected chi connectivity index (χ3v) is 2.49. The molecule has 3 heteroatoms. The average molecular weight is 177 g/mol. The molecule has 2 rings (SSSR count). The maximum absolute atomic E-state index is 5.65. The molecule has 2 heterocycles. The molecule has 0 aliphatic carbocycles. The van der Waals surface area contributed by atoms with Crippen molar-refractivity contribution in [2.24, 2.45) is 5.73 Å². The molecule has 0 bridgehead atoms. The lowest BCUT2D eigenvalue weighted by Crippen LogP contribution is -2.21. The highest BCUT2D eigenvalue weighted by atomic mass is 15.2. The molecule has 0 aromatic carbocycles. The lowest BCUT2D eigenvalue weighted by Gasteiger charge is -2.18. The van der Waals surface area contributed by atoms with Crippen LogP contribution in [-0.2, 0) is 6.54 Å². The number of rotatable bonds is 2. The van der Waals surface area contributed by atoms with Gasteiger partial charge >= 0.3 is 0 Å². The molecule has 0 spiro atoms. The summed E-state index contributed by atoms with van der Waals surface area (Å²) in [6.07, 6.45) is 4.40. The van der Waals surface area contributed by atoms with Crippen LogP contribution in [0.25, 0.3) is 0 Å². The van der Waals surface area contributed by atoms with Gasteiger partial charge in [0.25, 0.3) is 0 Å². The maximum atomic E-state index is 5.65. The summed E-state index contributed by atoms with van der Waals surface area (Å²) in [5.41, 5.74) is 6.81. The fourth-order valence-corrected chi connectivity index (χ4v) is 1.80. The minimum absolute atomic E-state index is 0.583. The first-order valence-corrected chi connectivity index (χ1v) is 4.81. The first kappa shape index (κ1) is 8.51. The van der Waals surface area contributed by atoms with Crippen molar-refractivity contribution >= 4 is 5.82 Å². The van der Waals surface area contributed by atoms with E-state index in [1.807, 2.05) is 12.3 Å². The second-order valence-electron chi connectivity index (χ2n) is 3.38. The second kappa shape index (κ2) is 3.75. The lowest BCUT2D eigenvalue weighted by atomic mass is 10.2. The Bertz CT molecular complexity index is 279. The van der Waals surface area contributed by atoms with Gasteiger partial charge in [-0.05, 0) is 18.9 Å². The van der Waals surface area contributed by atoms with Crippen LogP contribution in [0.4, 0.5) is 5.82 Å². The van der Waals surface area contributed by atoms with Crippen LogP contribution in [0, 0.1) is 0 Å². The van der Waals surface area contributed by atoms with E-state index >= 15 is 0 Å². The summed E-state index contributed by atoms with van der Waals surface area (Å²) >= 11 is 0. The minimum atomic E-state index is 0.583. The van der Waals surface area contributed by atoms with Crippen LogP contribution < -0.4 is 10.6 Å². The molecule has 1 aliphatic rings. The highest BCUT2D eigenvalue weighted by Crippen LogP contribution is 2.20. The fraction of sp³-hybridized carbons (Fsp3) is 0.500. The molecule has 0 radical (unpaired) electrons. The Morgan fingerprint density at radius 2 is 2.15 bits per heavy atom. The molecule has 0 amide bonds. The lowest BCUT2D eigenvalue weighted by molar-refractivity contribution is 0.907. The highest BCUT2D eigenvalue weighted by Gasteiger charge is 2.15. The molecule has 2 N–H and O–H groups in total. The van der Waals surface area contributed by atoms with Crippen LogP contribution in [0.5, 0.6) is 0 Å². The molecule has 13 heavy (non-hydrogen) atoms. The van der Waals surface area contributed by atoms with E-state index in [9.17, 15) is 0 Å². The van der Waals surface area contributed by atoms with Gasteiger partial charge < -0.3 is 10.6 Å². The summed E-state index contributed by atoms with van der Waals surface area (Å²) in [4.78, 5) is 6.70. The number of pyridine rings is 1. The van der Waals surface area contributed by atoms with Gasteiger partial charge in [0.05, 0.1) is 0 Å². The van der Waals surface area contributed by atoms with E-state index in [0.29, 0.717) is 6.54 Å². The van der Waals surface area contributed by atoms with Crippen LogP contribution in [0.1, 0.15) is 18.4 Å². The molecule has 0 atom stereocenters. The Kier molecular flexibility index (Phi) is 2.45. The molecule has 1 fully saturated rings. The number of nitrogens with two attached hydrogens (primary N) is 1.